The number of nitrogens with one attached hydrogen (secondary N) is 2. The molecule has 1 aliphatic rings. The molecule has 3 aromatic rings. The summed E-state index contributed by atoms with van der Waals surface area (Å²) in [6, 6.07) is 16.0. The van der Waals surface area contributed by atoms with Crippen molar-refractivity contribution >= 4 is 29.3 Å². The normalized spacial score (nSPS) is 19.0. The summed E-state index contributed by atoms with van der Waals surface area (Å²) < 4.78 is 0. The van der Waals surface area contributed by atoms with Crippen LogP contribution in [0.5, 0.6) is 0 Å². The summed E-state index contributed by atoms with van der Waals surface area (Å²) in [5.74, 6) is 0.378. The number of nitrogens with two attached hydrogens (primary N) is 1. The lowest BCUT2D eigenvalue weighted by atomic mass is 9.95. The second-order valence-electron chi connectivity index (χ2n) is 7.29. The minimum Gasteiger partial charge on any atom is -0.340 e. The Morgan fingerprint density at radius 3 is 2.61 bits per heavy atom. The number of likely N-dealkylation sites (tertiary alicyclic amines) is 1. The maximum absolute atomic E-state index is 12.6. The number of halogens is 1. The van der Waals surface area contributed by atoms with Gasteiger partial charge in [-0.3, -0.25) is 4.79 Å². The Hall–Kier alpha value is -2.57. The zero-order valence-electron chi connectivity index (χ0n) is 15.6. The molecule has 0 aliphatic carbocycles. The van der Waals surface area contributed by atoms with E-state index in [2.05, 4.69) is 22.1 Å². The Morgan fingerprint density at radius 1 is 1.07 bits per heavy atom. The molecule has 1 fully saturated rings. The molecule has 2 aromatic carbocycles. The first kappa shape index (κ1) is 20.2. The fraction of sp³-hybridized carbons (Fsp3) is 0.333. The minimum atomic E-state index is -0.198. The highest BCUT2D eigenvalue weighted by atomic mass is 35.5. The fourth-order valence-electron chi connectivity index (χ4n) is 3.92. The van der Waals surface area contributed by atoms with Crippen molar-refractivity contribution in [1.82, 2.24) is 14.9 Å². The molecule has 0 saturated carbocycles. The Balaban J connectivity index is 0.00000225. The van der Waals surface area contributed by atoms with Crippen molar-refractivity contribution in [3.05, 3.63) is 70.1 Å². The molecule has 1 saturated heterocycles. The van der Waals surface area contributed by atoms with Crippen LogP contribution in [-0.4, -0.2) is 39.9 Å². The number of aromatic nitrogens is 2. The van der Waals surface area contributed by atoms with Crippen LogP contribution < -0.4 is 11.4 Å². The van der Waals surface area contributed by atoms with Crippen LogP contribution in [0, 0.1) is 0 Å². The first-order valence-corrected chi connectivity index (χ1v) is 9.39. The number of aromatic amines is 2. The molecule has 1 amide bonds. The lowest BCUT2D eigenvalue weighted by Crippen LogP contribution is -2.32. The summed E-state index contributed by atoms with van der Waals surface area (Å²) in [5, 5.41) is 0. The first-order chi connectivity index (χ1) is 13.1. The van der Waals surface area contributed by atoms with Crippen LogP contribution in [0.2, 0.25) is 0 Å². The van der Waals surface area contributed by atoms with E-state index in [4.69, 9.17) is 5.73 Å². The molecule has 6 nitrogen and oxygen atoms in total. The van der Waals surface area contributed by atoms with E-state index in [0.717, 1.165) is 29.4 Å². The topological polar surface area (TPSA) is 95.0 Å². The highest BCUT2D eigenvalue weighted by molar-refractivity contribution is 5.85. The number of hydrogen-bond donors (Lipinski definition) is 3. The van der Waals surface area contributed by atoms with E-state index in [1.165, 1.54) is 5.56 Å². The highest BCUT2D eigenvalue weighted by Gasteiger charge is 2.33. The van der Waals surface area contributed by atoms with Gasteiger partial charge in [-0.2, -0.15) is 0 Å². The predicted octanol–water partition coefficient (Wildman–Crippen LogP) is 2.55. The lowest BCUT2D eigenvalue weighted by molar-refractivity contribution is -0.130. The second-order valence-corrected chi connectivity index (χ2v) is 7.29. The zero-order valence-corrected chi connectivity index (χ0v) is 16.4. The van der Waals surface area contributed by atoms with Gasteiger partial charge < -0.3 is 20.6 Å². The third-order valence-corrected chi connectivity index (χ3v) is 5.38. The summed E-state index contributed by atoms with van der Waals surface area (Å²) in [4.78, 5) is 31.3. The lowest BCUT2D eigenvalue weighted by Gasteiger charge is -2.16. The van der Waals surface area contributed by atoms with Crippen molar-refractivity contribution < 1.29 is 4.79 Å². The van der Waals surface area contributed by atoms with Crippen LogP contribution >= 0.6 is 12.4 Å². The van der Waals surface area contributed by atoms with Gasteiger partial charge >= 0.3 is 5.69 Å². The summed E-state index contributed by atoms with van der Waals surface area (Å²) in [7, 11) is 0. The Labute approximate surface area is 169 Å². The summed E-state index contributed by atoms with van der Waals surface area (Å²) in [6.07, 6.45) is 2.09. The molecule has 7 heteroatoms. The number of amides is 1. The second kappa shape index (κ2) is 8.63. The van der Waals surface area contributed by atoms with Gasteiger partial charge in [-0.1, -0.05) is 36.4 Å². The van der Waals surface area contributed by atoms with Crippen LogP contribution in [0.15, 0.2) is 53.3 Å². The first-order valence-electron chi connectivity index (χ1n) is 9.39. The molecule has 0 unspecified atom stereocenters. The van der Waals surface area contributed by atoms with Gasteiger partial charge in [0.2, 0.25) is 5.91 Å². The van der Waals surface area contributed by atoms with Crippen LogP contribution in [0.3, 0.4) is 0 Å². The van der Waals surface area contributed by atoms with Crippen LogP contribution in [-0.2, 0) is 11.2 Å². The average Bonchev–Trinajstić information content (AvgIpc) is 3.23. The molecule has 0 spiro atoms. The number of fused-ring (bicyclic) bond motifs is 1. The Bertz CT molecular complexity index is 998. The average molecular weight is 401 g/mol. The van der Waals surface area contributed by atoms with Gasteiger partial charge in [-0.05, 0) is 36.1 Å². The number of rotatable bonds is 5. The van der Waals surface area contributed by atoms with Gasteiger partial charge in [-0.15, -0.1) is 12.4 Å². The number of nitrogens with zero attached hydrogens (tertiary/aromatic N) is 1. The van der Waals surface area contributed by atoms with Crippen LogP contribution in [0.25, 0.3) is 11.0 Å². The molecular weight excluding hydrogens is 376 g/mol. The summed E-state index contributed by atoms with van der Waals surface area (Å²) in [6.45, 7) is 1.31. The smallest absolute Gasteiger partial charge is 0.323 e. The molecule has 1 aliphatic heterocycles. The number of imidazole rings is 1. The largest absolute Gasteiger partial charge is 0.340 e. The fourth-order valence-corrected chi connectivity index (χ4v) is 3.92. The van der Waals surface area contributed by atoms with E-state index < -0.39 is 0 Å². The molecular formula is C21H25ClN4O2. The summed E-state index contributed by atoms with van der Waals surface area (Å²) in [5.41, 5.74) is 10.0. The molecule has 148 valence electrons. The monoisotopic (exact) mass is 400 g/mol. The van der Waals surface area contributed by atoms with Crippen molar-refractivity contribution in [2.24, 2.45) is 5.73 Å². The van der Waals surface area contributed by atoms with Gasteiger partial charge in [0, 0.05) is 31.5 Å². The van der Waals surface area contributed by atoms with E-state index in [-0.39, 0.29) is 36.0 Å². The molecule has 2 atom stereocenters. The third-order valence-electron chi connectivity index (χ3n) is 5.38. The third kappa shape index (κ3) is 4.29. The number of carbonyl (C=O) groups is 1. The zero-order chi connectivity index (χ0) is 18.8. The van der Waals surface area contributed by atoms with E-state index in [1.54, 1.807) is 0 Å². The van der Waals surface area contributed by atoms with Gasteiger partial charge in [-0.25, -0.2) is 4.79 Å². The van der Waals surface area contributed by atoms with E-state index in [9.17, 15) is 9.59 Å². The standard InChI is InChI=1S/C21H24N4O2.ClH/c22-17-13-25(12-16(17)15-6-2-1-3-7-15)20(26)8-4-5-14-9-10-18-19(11-14)24-21(27)23-18;/h1-3,6-7,9-11,16-17H,4-5,8,12-13,22H2,(H2,23,24,27);1H/t16-,17+;/m0./s1. The van der Waals surface area contributed by atoms with Crippen molar-refractivity contribution in [2.75, 3.05) is 13.1 Å². The maximum Gasteiger partial charge on any atom is 0.323 e. The van der Waals surface area contributed by atoms with Crippen LogP contribution in [0.4, 0.5) is 0 Å². The highest BCUT2D eigenvalue weighted by Crippen LogP contribution is 2.27. The van der Waals surface area contributed by atoms with E-state index >= 15 is 0 Å². The molecule has 4 rings (SSSR count). The van der Waals surface area contributed by atoms with Crippen molar-refractivity contribution in [1.29, 1.82) is 0 Å². The minimum absolute atomic E-state index is 0. The summed E-state index contributed by atoms with van der Waals surface area (Å²) >= 11 is 0. The van der Waals surface area contributed by atoms with Crippen molar-refractivity contribution in [3.63, 3.8) is 0 Å². The number of aryl methyl sites for hydroxylation is 1. The quantitative estimate of drug-likeness (QED) is 0.614. The maximum atomic E-state index is 12.6. The van der Waals surface area contributed by atoms with Gasteiger partial charge in [0.1, 0.15) is 0 Å². The van der Waals surface area contributed by atoms with Crippen LogP contribution in [0.1, 0.15) is 29.9 Å². The SMILES string of the molecule is Cl.N[C@@H]1CN(C(=O)CCCc2ccc3[nH]c(=O)[nH]c3c2)C[C@H]1c1ccccc1. The van der Waals surface area contributed by atoms with E-state index in [0.29, 0.717) is 19.5 Å². The Morgan fingerprint density at radius 2 is 1.82 bits per heavy atom. The van der Waals surface area contributed by atoms with Crippen molar-refractivity contribution in [3.8, 4) is 0 Å². The molecule has 2 heterocycles. The number of benzene rings is 2. The molecule has 28 heavy (non-hydrogen) atoms. The predicted molar refractivity (Wildman–Crippen MR) is 113 cm³/mol. The van der Waals surface area contributed by atoms with Gasteiger partial charge in [0.05, 0.1) is 11.0 Å². The van der Waals surface area contributed by atoms with E-state index in [1.807, 2.05) is 41.3 Å². The number of hydrogen-bond acceptors (Lipinski definition) is 3. The molecule has 4 N–H and O–H groups in total. The number of H-pyrrole nitrogens is 2. The van der Waals surface area contributed by atoms with Gasteiger partial charge in [0.25, 0.3) is 0 Å². The molecule has 0 radical (unpaired) electrons. The number of carbonyl (C=O) groups excluding carboxylic acids is 1. The molecule has 1 aromatic heterocycles. The molecule has 0 bridgehead atoms. The Kier molecular flexibility index (Phi) is 6.21. The van der Waals surface area contributed by atoms with Gasteiger partial charge in [0.15, 0.2) is 0 Å². The van der Waals surface area contributed by atoms with Crippen molar-refractivity contribution in [2.45, 2.75) is 31.2 Å².